The van der Waals surface area contributed by atoms with Gasteiger partial charge in [-0.2, -0.15) is 19.9 Å². The molecule has 24 nitrogen and oxygen atoms in total. The van der Waals surface area contributed by atoms with Crippen LogP contribution >= 0.6 is 0 Å². The number of halogens is 1. The number of nitrogens with two attached hydrogens (primary N) is 4. The third-order valence-corrected chi connectivity index (χ3v) is 12.5. The van der Waals surface area contributed by atoms with Gasteiger partial charge in [0, 0.05) is 24.8 Å². The zero-order valence-electron chi connectivity index (χ0n) is 46.7. The zero-order chi connectivity index (χ0) is 58.7. The molecule has 0 amide bonds. The number of hydrogen-bond acceptors (Lipinski definition) is 24. The lowest BCUT2D eigenvalue weighted by atomic mass is 10.1. The van der Waals surface area contributed by atoms with Gasteiger partial charge in [0.15, 0.2) is 23.3 Å². The largest absolute Gasteiger partial charge is 0.394 e. The number of allylic oxidation sites excluding steroid dienone is 1. The first-order valence-corrected chi connectivity index (χ1v) is 27.2. The van der Waals surface area contributed by atoms with E-state index in [0.29, 0.717) is 74.7 Å². The van der Waals surface area contributed by atoms with Gasteiger partial charge in [0.05, 0.1) is 78.8 Å². The van der Waals surface area contributed by atoms with Gasteiger partial charge in [-0.15, -0.1) is 6.58 Å². The van der Waals surface area contributed by atoms with Crippen molar-refractivity contribution < 1.29 is 24.8 Å². The highest BCUT2D eigenvalue weighted by atomic mass is 19.1. The fraction of sp³-hybridized carbons (Fsp3) is 0.429. The average molecular weight is 1120 g/mol. The van der Waals surface area contributed by atoms with Crippen molar-refractivity contribution in [3.8, 4) is 0 Å². The number of fused-ring (bicyclic) bond motifs is 4. The number of alkyl halides is 1. The van der Waals surface area contributed by atoms with Gasteiger partial charge in [0.2, 0.25) is 23.8 Å². The molecule has 434 valence electrons. The van der Waals surface area contributed by atoms with Crippen LogP contribution in [0.3, 0.4) is 0 Å². The summed E-state index contributed by atoms with van der Waals surface area (Å²) >= 11 is 0. The highest BCUT2D eigenvalue weighted by Crippen LogP contribution is 2.25. The van der Waals surface area contributed by atoms with Crippen LogP contribution in [0, 0.1) is 0 Å². The van der Waals surface area contributed by atoms with E-state index in [1.54, 1.807) is 42.9 Å². The summed E-state index contributed by atoms with van der Waals surface area (Å²) < 4.78 is 12.9. The minimum absolute atomic E-state index is 0.00603. The molecule has 25 heteroatoms. The van der Waals surface area contributed by atoms with E-state index in [1.807, 2.05) is 30.5 Å². The van der Waals surface area contributed by atoms with Crippen LogP contribution in [0.2, 0.25) is 0 Å². The summed E-state index contributed by atoms with van der Waals surface area (Å²) in [6, 6.07) is 10.5. The summed E-state index contributed by atoms with van der Waals surface area (Å²) in [5.74, 6) is 2.86. The molecule has 8 aromatic heterocycles. The van der Waals surface area contributed by atoms with Gasteiger partial charge in [-0.1, -0.05) is 65.2 Å². The fourth-order valence-electron chi connectivity index (χ4n) is 8.07. The maximum atomic E-state index is 12.9. The Bertz CT molecular complexity index is 3230. The lowest BCUT2D eigenvalue weighted by molar-refractivity contribution is 0.252. The van der Waals surface area contributed by atoms with E-state index in [4.69, 9.17) is 22.9 Å². The van der Waals surface area contributed by atoms with Crippen LogP contribution in [-0.4, -0.2) is 137 Å². The first kappa shape index (κ1) is 63.4. The minimum atomic E-state index is -0.906. The second-order valence-electron chi connectivity index (χ2n) is 19.0. The number of aryl methyl sites for hydroxylation is 1. The molecule has 0 aliphatic heterocycles. The zero-order valence-corrected chi connectivity index (χ0v) is 46.7. The normalized spacial score (nSPS) is 12.8. The van der Waals surface area contributed by atoms with Crippen molar-refractivity contribution in [1.82, 2.24) is 59.8 Å². The molecule has 8 rings (SSSR count). The summed E-state index contributed by atoms with van der Waals surface area (Å²) in [5.41, 5.74) is 30.1. The van der Waals surface area contributed by atoms with Gasteiger partial charge >= 0.3 is 0 Å². The monoisotopic (exact) mass is 1110 g/mol. The average Bonchev–Trinajstić information content (AvgIpc) is 3.52. The molecule has 4 unspecified atom stereocenters. The summed E-state index contributed by atoms with van der Waals surface area (Å²) in [5, 5.41) is 50.3. The van der Waals surface area contributed by atoms with Crippen molar-refractivity contribution in [3.63, 3.8) is 0 Å². The Morgan fingerprint density at radius 3 is 1.31 bits per heavy atom. The van der Waals surface area contributed by atoms with Crippen molar-refractivity contribution in [1.29, 1.82) is 0 Å². The van der Waals surface area contributed by atoms with Crippen LogP contribution < -0.4 is 44.2 Å². The predicted molar refractivity (Wildman–Crippen MR) is 323 cm³/mol. The van der Waals surface area contributed by atoms with Gasteiger partial charge < -0.3 is 64.6 Å². The summed E-state index contributed by atoms with van der Waals surface area (Å²) in [6.45, 7) is 15.2. The molecule has 81 heavy (non-hydrogen) atoms. The molecular weight excluding hydrogens is 1040 g/mol. The molecule has 0 saturated carbocycles. The fourth-order valence-corrected chi connectivity index (χ4v) is 8.07. The second-order valence-corrected chi connectivity index (χ2v) is 19.0. The Hall–Kier alpha value is -8.39. The van der Waals surface area contributed by atoms with Crippen molar-refractivity contribution in [2.75, 3.05) is 70.6 Å². The Morgan fingerprint density at radius 1 is 0.519 bits per heavy atom. The molecule has 0 bridgehead atoms. The Balaban J connectivity index is 0.000000198. The lowest BCUT2D eigenvalue weighted by Gasteiger charge is -2.18. The maximum Gasteiger partial charge on any atom is 0.222 e. The van der Waals surface area contributed by atoms with E-state index < -0.39 is 6.17 Å². The highest BCUT2D eigenvalue weighted by molar-refractivity contribution is 5.89. The lowest BCUT2D eigenvalue weighted by Crippen LogP contribution is -2.25. The van der Waals surface area contributed by atoms with Crippen molar-refractivity contribution >= 4 is 97.3 Å². The first-order valence-electron chi connectivity index (χ1n) is 27.2. The molecule has 8 aromatic rings. The van der Waals surface area contributed by atoms with E-state index in [9.17, 15) is 24.8 Å². The van der Waals surface area contributed by atoms with Crippen molar-refractivity contribution in [2.24, 2.45) is 0 Å². The Kier molecular flexibility index (Phi) is 26.0. The molecule has 16 N–H and O–H groups in total. The molecule has 0 radical (unpaired) electrons. The number of nitrogens with one attached hydrogen (secondary N) is 4. The van der Waals surface area contributed by atoms with E-state index in [-0.39, 0.29) is 74.4 Å². The number of aliphatic hydroxyl groups excluding tert-OH is 4. The standard InChI is InChI=1S/C15H23N5O.C15H21N5O.C13H18FN5O.C13H17N5O/c2*1-3-5-6-11(9-21)18-14-13-12(19-15(16)20-14)7-10(4-2)8-17-13;1-8(14)4-5-9(7-20)17-12-11-10(3-2-6-16-11)18-13(15)19-12;1-2-3-5-9(8-19)16-12-11-10(6-4-7-15-11)17-13(14)18-12/h7-8,11,21H,3-6,9H2,1-2H3,(H3,16,18,19,20);4,7-8,11,21H,2-3,5-6,9H2,1H3,(H3,16,18,19,20);2-3,6,8-9,20H,4-5,7H2,1H3,(H3,15,17,18,19);2,4,6-7,9,19H,1,3,5,8H2,(H3,14,16,17,18)/t;11-;;/m.1../s1. The first-order chi connectivity index (χ1) is 39.2. The van der Waals surface area contributed by atoms with Gasteiger partial charge in [-0.05, 0) is 99.4 Å². The van der Waals surface area contributed by atoms with Gasteiger partial charge in [0.25, 0.3) is 0 Å². The maximum absolute atomic E-state index is 12.9. The molecule has 5 atom stereocenters. The molecular formula is C56H79FN20O4. The molecule has 0 aromatic carbocycles. The van der Waals surface area contributed by atoms with Crippen molar-refractivity contribution in [2.45, 2.75) is 129 Å². The third kappa shape index (κ3) is 19.7. The highest BCUT2D eigenvalue weighted by Gasteiger charge is 2.18. The number of nitrogen functional groups attached to an aromatic ring is 4. The van der Waals surface area contributed by atoms with Crippen LogP contribution in [0.25, 0.3) is 50.2 Å². The smallest absolute Gasteiger partial charge is 0.222 e. The minimum Gasteiger partial charge on any atom is -0.394 e. The molecule has 0 fully saturated rings. The van der Waals surface area contributed by atoms with Gasteiger partial charge in [-0.25, -0.2) is 24.3 Å². The second kappa shape index (κ2) is 33.3. The van der Waals surface area contributed by atoms with Crippen LogP contribution in [0.5, 0.6) is 0 Å². The van der Waals surface area contributed by atoms with E-state index in [1.165, 1.54) is 6.92 Å². The van der Waals surface area contributed by atoms with E-state index >= 15 is 0 Å². The van der Waals surface area contributed by atoms with E-state index in [2.05, 4.69) is 115 Å². The molecule has 0 spiro atoms. The Labute approximate surface area is 471 Å². The van der Waals surface area contributed by atoms with Crippen LogP contribution in [0.1, 0.15) is 103 Å². The Morgan fingerprint density at radius 2 is 0.914 bits per heavy atom. The quantitative estimate of drug-likeness (QED) is 0.0238. The molecule has 0 aliphatic rings. The number of aromatic nitrogens is 12. The van der Waals surface area contributed by atoms with Gasteiger partial charge in [0.1, 0.15) is 22.1 Å². The molecule has 8 heterocycles. The van der Waals surface area contributed by atoms with E-state index in [0.717, 1.165) is 74.4 Å². The number of nitrogens with zero attached hydrogens (tertiary/aromatic N) is 12. The molecule has 0 saturated heterocycles. The number of unbranched alkanes of at least 4 members (excludes halogenated alkanes) is 2. The third-order valence-electron chi connectivity index (χ3n) is 12.5. The topological polar surface area (TPSA) is 388 Å². The van der Waals surface area contributed by atoms with Crippen LogP contribution in [0.15, 0.2) is 80.4 Å². The van der Waals surface area contributed by atoms with Gasteiger partial charge in [-0.3, -0.25) is 19.9 Å². The number of rotatable bonds is 26. The number of hydrogen-bond donors (Lipinski definition) is 12. The van der Waals surface area contributed by atoms with Crippen molar-refractivity contribution in [3.05, 3.63) is 91.5 Å². The summed E-state index contributed by atoms with van der Waals surface area (Å²) in [4.78, 5) is 50.6. The molecule has 0 aliphatic carbocycles. The summed E-state index contributed by atoms with van der Waals surface area (Å²) in [6.07, 6.45) is 18.8. The predicted octanol–water partition coefficient (Wildman–Crippen LogP) is 7.21. The SMILES string of the molecule is C=CCCC(CO)Nc1nc(N)nc2cccnc12.C=Cc1cnc2c(N[C@@H](CO)CCCC)nc(N)nc2c1.CC(F)CCC(CO)Nc1nc(N)nc2cccnc12.CCCCC(CO)Nc1nc(N)nc2cc(CC)cnc12. The number of aliphatic hydroxyl groups is 4. The summed E-state index contributed by atoms with van der Waals surface area (Å²) in [7, 11) is 0. The van der Waals surface area contributed by atoms with Crippen LogP contribution in [0.4, 0.5) is 51.5 Å². The van der Waals surface area contributed by atoms with Crippen LogP contribution in [-0.2, 0) is 6.42 Å². The number of pyridine rings is 4. The number of anilines is 8.